The molecule has 2 aromatic rings. The van der Waals surface area contributed by atoms with Crippen molar-refractivity contribution in [3.8, 4) is 0 Å². The third-order valence-electron chi connectivity index (χ3n) is 1.64. The van der Waals surface area contributed by atoms with Crippen LogP contribution in [0.4, 0.5) is 0 Å². The molecule has 0 aliphatic carbocycles. The maximum absolute atomic E-state index is 5.68. The molecule has 12 heavy (non-hydrogen) atoms. The molecule has 4 heteroatoms. The molecule has 0 N–H and O–H groups in total. The van der Waals surface area contributed by atoms with Gasteiger partial charge in [-0.3, -0.25) is 4.98 Å². The average Bonchev–Trinajstić information content (AvgIpc) is 2.04. The first-order valence-electron chi connectivity index (χ1n) is 3.61. The molecule has 0 saturated heterocycles. The van der Waals surface area contributed by atoms with Crippen LogP contribution in [0.2, 0.25) is 0 Å². The number of fused-ring (bicyclic) bond motifs is 1. The summed E-state index contributed by atoms with van der Waals surface area (Å²) in [6.07, 6.45) is 3.36. The molecule has 0 aromatic carbocycles. The molecule has 0 spiro atoms. The van der Waals surface area contributed by atoms with Crippen LogP contribution in [0.1, 0.15) is 5.82 Å². The first-order chi connectivity index (χ1) is 5.77. The molecule has 3 nitrogen and oxygen atoms in total. The summed E-state index contributed by atoms with van der Waals surface area (Å²) < 4.78 is 0. The molecule has 0 unspecified atom stereocenters. The van der Waals surface area contributed by atoms with E-state index in [4.69, 9.17) is 7.85 Å². The molecule has 56 valence electrons. The van der Waals surface area contributed by atoms with Gasteiger partial charge in [0.2, 0.25) is 0 Å². The molecule has 0 amide bonds. The fraction of sp³-hybridized carbons (Fsp3) is 0.125. The zero-order chi connectivity index (χ0) is 8.55. The number of nitrogens with zero attached hydrogens (tertiary/aromatic N) is 3. The van der Waals surface area contributed by atoms with Crippen LogP contribution in [0.3, 0.4) is 0 Å². The Morgan fingerprint density at radius 1 is 1.33 bits per heavy atom. The average molecular weight is 155 g/mol. The second-order valence-electron chi connectivity index (χ2n) is 2.55. The van der Waals surface area contributed by atoms with Crippen LogP contribution in [0, 0.1) is 6.92 Å². The minimum absolute atomic E-state index is 0.514. The highest BCUT2D eigenvalue weighted by molar-refractivity contribution is 6.36. The molecule has 0 aliphatic heterocycles. The van der Waals surface area contributed by atoms with Crippen molar-refractivity contribution in [1.29, 1.82) is 0 Å². The van der Waals surface area contributed by atoms with E-state index >= 15 is 0 Å². The van der Waals surface area contributed by atoms with Gasteiger partial charge >= 0.3 is 0 Å². The van der Waals surface area contributed by atoms with Gasteiger partial charge in [0.1, 0.15) is 13.7 Å². The Balaban J connectivity index is 2.89. The largest absolute Gasteiger partial charge is 0.262 e. The highest BCUT2D eigenvalue weighted by Crippen LogP contribution is 2.04. The van der Waals surface area contributed by atoms with Crippen LogP contribution in [-0.4, -0.2) is 22.8 Å². The molecule has 2 rings (SSSR count). The predicted octanol–water partition coefficient (Wildman–Crippen LogP) is 0.127. The molecular formula is C8H6BN3. The van der Waals surface area contributed by atoms with Crippen LogP contribution in [0.5, 0.6) is 0 Å². The van der Waals surface area contributed by atoms with Gasteiger partial charge < -0.3 is 0 Å². The maximum Gasteiger partial charge on any atom is 0.142 e. The Bertz CT molecular complexity index is 428. The van der Waals surface area contributed by atoms with Crippen molar-refractivity contribution in [1.82, 2.24) is 15.0 Å². The smallest absolute Gasteiger partial charge is 0.142 e. The third kappa shape index (κ3) is 1.05. The van der Waals surface area contributed by atoms with Gasteiger partial charge in [0.15, 0.2) is 0 Å². The number of aromatic nitrogens is 3. The summed E-state index contributed by atoms with van der Waals surface area (Å²) in [5.41, 5.74) is 1.31. The Kier molecular flexibility index (Phi) is 1.53. The van der Waals surface area contributed by atoms with Crippen molar-refractivity contribution >= 4 is 24.3 Å². The van der Waals surface area contributed by atoms with Crippen molar-refractivity contribution in [2.45, 2.75) is 6.92 Å². The normalized spacial score (nSPS) is 10.4. The first kappa shape index (κ1) is 7.22. The van der Waals surface area contributed by atoms with Crippen molar-refractivity contribution in [2.75, 3.05) is 0 Å². The Labute approximate surface area is 71.3 Å². The van der Waals surface area contributed by atoms with Gasteiger partial charge in [0.25, 0.3) is 0 Å². The molecule has 2 aromatic heterocycles. The van der Waals surface area contributed by atoms with Crippen molar-refractivity contribution < 1.29 is 0 Å². The SMILES string of the molecule is [B]c1nc(C)nc2cnccc12. The summed E-state index contributed by atoms with van der Waals surface area (Å²) in [5, 5.41) is 0.857. The second kappa shape index (κ2) is 2.55. The summed E-state index contributed by atoms with van der Waals surface area (Å²) in [5.74, 6) is 0.674. The van der Waals surface area contributed by atoms with E-state index in [9.17, 15) is 0 Å². The lowest BCUT2D eigenvalue weighted by molar-refractivity contribution is 1.11. The van der Waals surface area contributed by atoms with E-state index in [-0.39, 0.29) is 0 Å². The zero-order valence-corrected chi connectivity index (χ0v) is 6.65. The van der Waals surface area contributed by atoms with E-state index in [2.05, 4.69) is 15.0 Å². The van der Waals surface area contributed by atoms with Crippen LogP contribution < -0.4 is 5.59 Å². The molecule has 0 atom stereocenters. The maximum atomic E-state index is 5.68. The van der Waals surface area contributed by atoms with E-state index in [1.807, 2.05) is 13.0 Å². The summed E-state index contributed by atoms with van der Waals surface area (Å²) in [6.45, 7) is 1.81. The lowest BCUT2D eigenvalue weighted by atomic mass is 10.00. The van der Waals surface area contributed by atoms with E-state index in [1.54, 1.807) is 12.4 Å². The molecule has 0 fully saturated rings. The fourth-order valence-electron chi connectivity index (χ4n) is 1.13. The van der Waals surface area contributed by atoms with Crippen molar-refractivity contribution in [2.24, 2.45) is 0 Å². The van der Waals surface area contributed by atoms with Gasteiger partial charge in [-0.05, 0) is 18.6 Å². The minimum atomic E-state index is 0.514. The van der Waals surface area contributed by atoms with Crippen LogP contribution in [0.25, 0.3) is 10.9 Å². The number of aryl methyl sites for hydroxylation is 1. The summed E-state index contributed by atoms with van der Waals surface area (Å²) in [4.78, 5) is 12.2. The highest BCUT2D eigenvalue weighted by atomic mass is 14.9. The standard InChI is InChI=1S/C8H6BN3/c1-5-11-7-4-10-3-2-6(7)8(9)12-5/h2-4H,1H3. The molecule has 0 saturated carbocycles. The number of hydrogen-bond donors (Lipinski definition) is 0. The van der Waals surface area contributed by atoms with E-state index in [1.165, 1.54) is 0 Å². The summed E-state index contributed by atoms with van der Waals surface area (Å²) >= 11 is 0. The second-order valence-corrected chi connectivity index (χ2v) is 2.55. The van der Waals surface area contributed by atoms with Crippen LogP contribution >= 0.6 is 0 Å². The van der Waals surface area contributed by atoms with E-state index in [0.29, 0.717) is 11.4 Å². The first-order valence-corrected chi connectivity index (χ1v) is 3.61. The zero-order valence-electron chi connectivity index (χ0n) is 6.65. The molecule has 0 aliphatic rings. The monoisotopic (exact) mass is 155 g/mol. The fourth-order valence-corrected chi connectivity index (χ4v) is 1.13. The number of pyridine rings is 1. The van der Waals surface area contributed by atoms with Gasteiger partial charge in [0, 0.05) is 11.6 Å². The Morgan fingerprint density at radius 3 is 3.00 bits per heavy atom. The Hall–Kier alpha value is -1.45. The molecule has 0 bridgehead atoms. The van der Waals surface area contributed by atoms with E-state index in [0.717, 1.165) is 10.9 Å². The van der Waals surface area contributed by atoms with Gasteiger partial charge in [-0.25, -0.2) is 9.97 Å². The van der Waals surface area contributed by atoms with Crippen LogP contribution in [0.15, 0.2) is 18.5 Å². The summed E-state index contributed by atoms with van der Waals surface area (Å²) in [7, 11) is 5.68. The topological polar surface area (TPSA) is 38.7 Å². The van der Waals surface area contributed by atoms with Crippen molar-refractivity contribution in [3.05, 3.63) is 24.3 Å². The Morgan fingerprint density at radius 2 is 2.17 bits per heavy atom. The number of hydrogen-bond acceptors (Lipinski definition) is 3. The highest BCUT2D eigenvalue weighted by Gasteiger charge is 1.99. The van der Waals surface area contributed by atoms with Gasteiger partial charge in [-0.2, -0.15) is 0 Å². The quantitative estimate of drug-likeness (QED) is 0.507. The van der Waals surface area contributed by atoms with E-state index < -0.39 is 0 Å². The van der Waals surface area contributed by atoms with Crippen molar-refractivity contribution in [3.63, 3.8) is 0 Å². The lowest BCUT2D eigenvalue weighted by Crippen LogP contribution is -2.12. The third-order valence-corrected chi connectivity index (χ3v) is 1.64. The molecule has 2 radical (unpaired) electrons. The van der Waals surface area contributed by atoms with Gasteiger partial charge in [0.05, 0.1) is 11.7 Å². The minimum Gasteiger partial charge on any atom is -0.262 e. The van der Waals surface area contributed by atoms with Crippen LogP contribution in [-0.2, 0) is 0 Å². The number of rotatable bonds is 0. The lowest BCUT2D eigenvalue weighted by Gasteiger charge is -2.00. The van der Waals surface area contributed by atoms with Gasteiger partial charge in [-0.15, -0.1) is 0 Å². The predicted molar refractivity (Wildman–Crippen MR) is 47.5 cm³/mol. The molecule has 2 heterocycles. The van der Waals surface area contributed by atoms with Gasteiger partial charge in [-0.1, -0.05) is 0 Å². The molecular weight excluding hydrogens is 149 g/mol. The summed E-state index contributed by atoms with van der Waals surface area (Å²) in [6, 6.07) is 1.81.